The minimum absolute atomic E-state index is 0.0143. The van der Waals surface area contributed by atoms with Gasteiger partial charge in [-0.05, 0) is 30.5 Å². The SMILES string of the molecule is CCCCn1cnc2c1c(=O)n(Cc1ccc(OC)c(F)c1)c(=O)n2CCCC. The van der Waals surface area contributed by atoms with Crippen molar-refractivity contribution in [2.45, 2.75) is 59.2 Å². The highest BCUT2D eigenvalue weighted by Crippen LogP contribution is 2.18. The molecular formula is C21H27FN4O3. The van der Waals surface area contributed by atoms with E-state index in [0.717, 1.165) is 25.7 Å². The maximum absolute atomic E-state index is 14.1. The molecule has 29 heavy (non-hydrogen) atoms. The number of fused-ring (bicyclic) bond motifs is 1. The monoisotopic (exact) mass is 402 g/mol. The normalized spacial score (nSPS) is 11.3. The van der Waals surface area contributed by atoms with Crippen LogP contribution < -0.4 is 16.0 Å². The molecule has 0 unspecified atom stereocenters. The molecule has 0 saturated carbocycles. The number of imidazole rings is 1. The summed E-state index contributed by atoms with van der Waals surface area (Å²) in [5.74, 6) is -0.409. The Balaban J connectivity index is 2.15. The average Bonchev–Trinajstić information content (AvgIpc) is 3.13. The van der Waals surface area contributed by atoms with Crippen molar-refractivity contribution in [2.24, 2.45) is 0 Å². The largest absolute Gasteiger partial charge is 0.494 e. The van der Waals surface area contributed by atoms with E-state index >= 15 is 0 Å². The lowest BCUT2D eigenvalue weighted by Gasteiger charge is -2.13. The van der Waals surface area contributed by atoms with Gasteiger partial charge in [0.15, 0.2) is 22.7 Å². The van der Waals surface area contributed by atoms with Gasteiger partial charge in [0, 0.05) is 13.1 Å². The summed E-state index contributed by atoms with van der Waals surface area (Å²) in [4.78, 5) is 30.7. The van der Waals surface area contributed by atoms with Gasteiger partial charge in [0.25, 0.3) is 5.56 Å². The molecule has 0 amide bonds. The molecule has 0 atom stereocenters. The van der Waals surface area contributed by atoms with Gasteiger partial charge in [-0.15, -0.1) is 0 Å². The smallest absolute Gasteiger partial charge is 0.333 e. The lowest BCUT2D eigenvalue weighted by Crippen LogP contribution is -2.41. The summed E-state index contributed by atoms with van der Waals surface area (Å²) < 4.78 is 23.6. The van der Waals surface area contributed by atoms with E-state index in [9.17, 15) is 14.0 Å². The minimum atomic E-state index is -0.529. The van der Waals surface area contributed by atoms with Crippen LogP contribution in [0, 0.1) is 5.82 Å². The van der Waals surface area contributed by atoms with E-state index < -0.39 is 17.1 Å². The quantitative estimate of drug-likeness (QED) is 0.551. The molecular weight excluding hydrogens is 375 g/mol. The molecule has 7 nitrogen and oxygen atoms in total. The number of ether oxygens (including phenoxy) is 1. The lowest BCUT2D eigenvalue weighted by molar-refractivity contribution is 0.386. The van der Waals surface area contributed by atoms with Gasteiger partial charge < -0.3 is 9.30 Å². The summed E-state index contributed by atoms with van der Waals surface area (Å²) >= 11 is 0. The Kier molecular flexibility index (Phi) is 6.51. The zero-order valence-corrected chi connectivity index (χ0v) is 17.2. The van der Waals surface area contributed by atoms with Crippen LogP contribution in [0.2, 0.25) is 0 Å². The van der Waals surface area contributed by atoms with Crippen LogP contribution in [0.3, 0.4) is 0 Å². The van der Waals surface area contributed by atoms with Crippen LogP contribution in [-0.4, -0.2) is 25.8 Å². The molecule has 0 aliphatic heterocycles. The van der Waals surface area contributed by atoms with Crippen LogP contribution in [0.4, 0.5) is 4.39 Å². The molecule has 0 aliphatic rings. The fourth-order valence-corrected chi connectivity index (χ4v) is 3.38. The Hall–Kier alpha value is -2.90. The summed E-state index contributed by atoms with van der Waals surface area (Å²) in [5.41, 5.74) is 0.531. The van der Waals surface area contributed by atoms with Gasteiger partial charge in [-0.2, -0.15) is 0 Å². The molecule has 3 aromatic rings. The maximum atomic E-state index is 14.1. The lowest BCUT2D eigenvalue weighted by atomic mass is 10.2. The number of rotatable bonds is 9. The standard InChI is InChI=1S/C21H27FN4O3/c1-4-6-10-24-14-23-19-18(24)20(27)26(21(28)25(19)11-7-5-2)13-15-8-9-17(29-3)16(22)12-15/h8-9,12,14H,4-7,10-11,13H2,1-3H3. The Morgan fingerprint density at radius 2 is 1.79 bits per heavy atom. The maximum Gasteiger partial charge on any atom is 0.333 e. The average molecular weight is 402 g/mol. The fraction of sp³-hybridized carbons (Fsp3) is 0.476. The molecule has 156 valence electrons. The Morgan fingerprint density at radius 1 is 1.07 bits per heavy atom. The van der Waals surface area contributed by atoms with Crippen LogP contribution in [-0.2, 0) is 19.6 Å². The van der Waals surface area contributed by atoms with Gasteiger partial charge in [0.1, 0.15) is 0 Å². The highest BCUT2D eigenvalue weighted by atomic mass is 19.1. The Morgan fingerprint density at radius 3 is 2.45 bits per heavy atom. The van der Waals surface area contributed by atoms with E-state index in [1.165, 1.54) is 23.8 Å². The first-order valence-corrected chi connectivity index (χ1v) is 10.0. The summed E-state index contributed by atoms with van der Waals surface area (Å²) in [7, 11) is 1.39. The molecule has 0 N–H and O–H groups in total. The second-order valence-electron chi connectivity index (χ2n) is 7.11. The van der Waals surface area contributed by atoms with E-state index in [1.807, 2.05) is 11.5 Å². The zero-order chi connectivity index (χ0) is 21.0. The van der Waals surface area contributed by atoms with Gasteiger partial charge >= 0.3 is 5.69 Å². The van der Waals surface area contributed by atoms with Crippen molar-refractivity contribution in [3.8, 4) is 5.75 Å². The number of hydrogen-bond acceptors (Lipinski definition) is 4. The number of aromatic nitrogens is 4. The molecule has 2 aromatic heterocycles. The predicted octanol–water partition coefficient (Wildman–Crippen LogP) is 3.16. The third-order valence-electron chi connectivity index (χ3n) is 5.03. The number of aryl methyl sites for hydroxylation is 2. The molecule has 0 saturated heterocycles. The van der Waals surface area contributed by atoms with Crippen molar-refractivity contribution >= 4 is 11.2 Å². The Labute approximate surface area is 168 Å². The van der Waals surface area contributed by atoms with Gasteiger partial charge in [0.2, 0.25) is 0 Å². The molecule has 0 aliphatic carbocycles. The van der Waals surface area contributed by atoms with E-state index in [1.54, 1.807) is 17.0 Å². The molecule has 0 spiro atoms. The zero-order valence-electron chi connectivity index (χ0n) is 17.2. The van der Waals surface area contributed by atoms with Crippen LogP contribution in [0.25, 0.3) is 11.2 Å². The number of nitrogens with zero attached hydrogens (tertiary/aromatic N) is 4. The van der Waals surface area contributed by atoms with Crippen molar-refractivity contribution in [3.05, 3.63) is 56.7 Å². The summed E-state index contributed by atoms with van der Waals surface area (Å²) in [6.45, 7) is 5.24. The number of benzene rings is 1. The summed E-state index contributed by atoms with van der Waals surface area (Å²) in [5, 5.41) is 0. The first kappa shape index (κ1) is 20.8. The molecule has 8 heteroatoms. The van der Waals surface area contributed by atoms with Crippen LogP contribution in [0.5, 0.6) is 5.75 Å². The van der Waals surface area contributed by atoms with E-state index in [-0.39, 0.29) is 12.3 Å². The molecule has 0 fully saturated rings. The van der Waals surface area contributed by atoms with Crippen LogP contribution in [0.15, 0.2) is 34.1 Å². The highest BCUT2D eigenvalue weighted by Gasteiger charge is 2.18. The van der Waals surface area contributed by atoms with Crippen molar-refractivity contribution in [1.82, 2.24) is 18.7 Å². The van der Waals surface area contributed by atoms with Crippen molar-refractivity contribution in [1.29, 1.82) is 0 Å². The molecule has 3 rings (SSSR count). The summed E-state index contributed by atoms with van der Waals surface area (Å²) in [6.07, 6.45) is 5.22. The second kappa shape index (κ2) is 9.07. The first-order chi connectivity index (χ1) is 14.0. The highest BCUT2D eigenvalue weighted by molar-refractivity contribution is 5.70. The van der Waals surface area contributed by atoms with E-state index in [2.05, 4.69) is 11.9 Å². The van der Waals surface area contributed by atoms with Gasteiger partial charge in [-0.25, -0.2) is 14.2 Å². The van der Waals surface area contributed by atoms with Crippen molar-refractivity contribution in [2.75, 3.05) is 7.11 Å². The first-order valence-electron chi connectivity index (χ1n) is 10.0. The van der Waals surface area contributed by atoms with Gasteiger partial charge in [-0.3, -0.25) is 13.9 Å². The number of methoxy groups -OCH3 is 1. The molecule has 0 radical (unpaired) electrons. The predicted molar refractivity (Wildman–Crippen MR) is 110 cm³/mol. The topological polar surface area (TPSA) is 71.1 Å². The molecule has 1 aromatic carbocycles. The minimum Gasteiger partial charge on any atom is -0.494 e. The van der Waals surface area contributed by atoms with Gasteiger partial charge in [-0.1, -0.05) is 32.8 Å². The van der Waals surface area contributed by atoms with Crippen molar-refractivity contribution < 1.29 is 9.13 Å². The third-order valence-corrected chi connectivity index (χ3v) is 5.03. The van der Waals surface area contributed by atoms with Gasteiger partial charge in [0.05, 0.1) is 20.0 Å². The number of unbranched alkanes of at least 4 members (excludes halogenated alkanes) is 2. The number of halogens is 1. The van der Waals surface area contributed by atoms with Crippen LogP contribution >= 0.6 is 0 Å². The van der Waals surface area contributed by atoms with E-state index in [0.29, 0.717) is 29.8 Å². The fourth-order valence-electron chi connectivity index (χ4n) is 3.38. The molecule has 0 bridgehead atoms. The molecule has 2 heterocycles. The number of hydrogen-bond donors (Lipinski definition) is 0. The second-order valence-corrected chi connectivity index (χ2v) is 7.11. The van der Waals surface area contributed by atoms with E-state index in [4.69, 9.17) is 4.74 Å². The van der Waals surface area contributed by atoms with Crippen LogP contribution in [0.1, 0.15) is 45.1 Å². The third kappa shape index (κ3) is 4.11. The van der Waals surface area contributed by atoms with Crippen molar-refractivity contribution in [3.63, 3.8) is 0 Å². The summed E-state index contributed by atoms with van der Waals surface area (Å²) in [6, 6.07) is 4.44. The Bertz CT molecular complexity index is 1110.